The van der Waals surface area contributed by atoms with Crippen LogP contribution in [0.3, 0.4) is 0 Å². The van der Waals surface area contributed by atoms with Crippen LogP contribution in [0.1, 0.15) is 24.6 Å². The molecule has 106 valence electrons. The minimum atomic E-state index is 0.365. The molecular weight excluding hydrogens is 254 g/mol. The van der Waals surface area contributed by atoms with Gasteiger partial charge in [-0.2, -0.15) is 0 Å². The molecule has 1 N–H and O–H groups in total. The molecule has 1 aliphatic heterocycles. The van der Waals surface area contributed by atoms with Crippen LogP contribution >= 0.6 is 0 Å². The van der Waals surface area contributed by atoms with E-state index in [1.807, 2.05) is 30.7 Å². The highest BCUT2D eigenvalue weighted by Crippen LogP contribution is 2.31. The Balaban J connectivity index is 2.02. The summed E-state index contributed by atoms with van der Waals surface area (Å²) in [4.78, 5) is 4.30. The molecule has 20 heavy (non-hydrogen) atoms. The third-order valence-corrected chi connectivity index (χ3v) is 3.73. The summed E-state index contributed by atoms with van der Waals surface area (Å²) >= 11 is 0. The summed E-state index contributed by atoms with van der Waals surface area (Å²) in [5.41, 5.74) is 2.15. The van der Waals surface area contributed by atoms with Gasteiger partial charge in [0.1, 0.15) is 11.5 Å². The number of nitrogens with zero attached hydrogens (tertiary/aromatic N) is 2. The van der Waals surface area contributed by atoms with Gasteiger partial charge in [-0.15, -0.1) is 0 Å². The Morgan fingerprint density at radius 1 is 1.30 bits per heavy atom. The van der Waals surface area contributed by atoms with Gasteiger partial charge >= 0.3 is 0 Å². The van der Waals surface area contributed by atoms with Crippen molar-refractivity contribution in [3.05, 3.63) is 36.4 Å². The van der Waals surface area contributed by atoms with Crippen molar-refractivity contribution in [3.8, 4) is 17.2 Å². The number of methoxy groups -OCH3 is 2. The lowest BCUT2D eigenvalue weighted by atomic mass is 10.1. The number of imidazole rings is 1. The molecule has 0 aliphatic carbocycles. The van der Waals surface area contributed by atoms with Crippen molar-refractivity contribution >= 4 is 0 Å². The smallest absolute Gasteiger partial charge is 0.146 e. The monoisotopic (exact) mass is 273 g/mol. The van der Waals surface area contributed by atoms with Crippen LogP contribution in [-0.2, 0) is 0 Å². The van der Waals surface area contributed by atoms with Crippen LogP contribution in [0.5, 0.6) is 11.5 Å². The molecule has 1 aromatic carbocycles. The van der Waals surface area contributed by atoms with E-state index in [1.54, 1.807) is 14.2 Å². The third kappa shape index (κ3) is 2.25. The molecule has 2 aromatic rings. The molecule has 1 aromatic heterocycles. The van der Waals surface area contributed by atoms with Gasteiger partial charge < -0.3 is 14.8 Å². The number of ether oxygens (including phenoxy) is 2. The minimum absolute atomic E-state index is 0.365. The second kappa shape index (κ2) is 5.54. The van der Waals surface area contributed by atoms with E-state index >= 15 is 0 Å². The second-order valence-electron chi connectivity index (χ2n) is 4.88. The quantitative estimate of drug-likeness (QED) is 0.928. The van der Waals surface area contributed by atoms with Crippen molar-refractivity contribution in [3.63, 3.8) is 0 Å². The zero-order valence-corrected chi connectivity index (χ0v) is 11.8. The predicted molar refractivity (Wildman–Crippen MR) is 76.6 cm³/mol. The molecule has 0 radical (unpaired) electrons. The molecule has 1 unspecified atom stereocenters. The molecular formula is C15H19N3O2. The standard InChI is InChI=1S/C15H19N3O2/c1-19-11-5-6-13(15(8-11)20-2)18-10-16-9-14(18)12-4-3-7-17-12/h5-6,8-10,12,17H,3-4,7H2,1-2H3. The number of hydrogen-bond acceptors (Lipinski definition) is 4. The summed E-state index contributed by atoms with van der Waals surface area (Å²) in [7, 11) is 3.32. The summed E-state index contributed by atoms with van der Waals surface area (Å²) in [5.74, 6) is 1.56. The Kier molecular flexibility index (Phi) is 3.60. The maximum absolute atomic E-state index is 5.48. The van der Waals surface area contributed by atoms with Gasteiger partial charge in [0.05, 0.1) is 38.1 Å². The van der Waals surface area contributed by atoms with Crippen molar-refractivity contribution in [2.75, 3.05) is 20.8 Å². The van der Waals surface area contributed by atoms with E-state index in [0.717, 1.165) is 30.2 Å². The maximum Gasteiger partial charge on any atom is 0.146 e. The van der Waals surface area contributed by atoms with Crippen LogP contribution < -0.4 is 14.8 Å². The molecule has 0 bridgehead atoms. The zero-order valence-electron chi connectivity index (χ0n) is 11.8. The highest BCUT2D eigenvalue weighted by molar-refractivity contribution is 5.52. The normalized spacial score (nSPS) is 18.2. The lowest BCUT2D eigenvalue weighted by Crippen LogP contribution is -2.16. The molecule has 3 rings (SSSR count). The fourth-order valence-corrected chi connectivity index (χ4v) is 2.69. The number of aromatic nitrogens is 2. The summed E-state index contributed by atoms with van der Waals surface area (Å²) < 4.78 is 12.8. The Bertz CT molecular complexity index is 589. The van der Waals surface area contributed by atoms with Gasteiger partial charge in [-0.25, -0.2) is 4.98 Å². The van der Waals surface area contributed by atoms with E-state index in [0.29, 0.717) is 6.04 Å². The fraction of sp³-hybridized carbons (Fsp3) is 0.400. The number of hydrogen-bond donors (Lipinski definition) is 1. The second-order valence-corrected chi connectivity index (χ2v) is 4.88. The average molecular weight is 273 g/mol. The Hall–Kier alpha value is -2.01. The van der Waals surface area contributed by atoms with E-state index in [9.17, 15) is 0 Å². The molecule has 0 saturated carbocycles. The van der Waals surface area contributed by atoms with E-state index in [1.165, 1.54) is 12.1 Å². The van der Waals surface area contributed by atoms with Gasteiger partial charge in [0.2, 0.25) is 0 Å². The van der Waals surface area contributed by atoms with Crippen LogP contribution in [0.15, 0.2) is 30.7 Å². The summed E-state index contributed by atoms with van der Waals surface area (Å²) in [6, 6.07) is 6.19. The summed E-state index contributed by atoms with van der Waals surface area (Å²) in [6.45, 7) is 1.07. The first-order chi connectivity index (χ1) is 9.83. The van der Waals surface area contributed by atoms with E-state index in [-0.39, 0.29) is 0 Å². The molecule has 0 amide bonds. The molecule has 5 heteroatoms. The number of benzene rings is 1. The highest BCUT2D eigenvalue weighted by Gasteiger charge is 2.21. The molecule has 2 heterocycles. The lowest BCUT2D eigenvalue weighted by Gasteiger charge is -2.16. The topological polar surface area (TPSA) is 48.3 Å². The van der Waals surface area contributed by atoms with Crippen molar-refractivity contribution < 1.29 is 9.47 Å². The van der Waals surface area contributed by atoms with Gasteiger partial charge in [-0.1, -0.05) is 0 Å². The van der Waals surface area contributed by atoms with Crippen LogP contribution in [0.4, 0.5) is 0 Å². The van der Waals surface area contributed by atoms with Crippen LogP contribution in [0.25, 0.3) is 5.69 Å². The van der Waals surface area contributed by atoms with Gasteiger partial charge in [0.25, 0.3) is 0 Å². The highest BCUT2D eigenvalue weighted by atomic mass is 16.5. The molecule has 5 nitrogen and oxygen atoms in total. The molecule has 0 spiro atoms. The van der Waals surface area contributed by atoms with Crippen LogP contribution in [0, 0.1) is 0 Å². The Morgan fingerprint density at radius 2 is 2.20 bits per heavy atom. The molecule has 1 fully saturated rings. The summed E-state index contributed by atoms with van der Waals surface area (Å²) in [6.07, 6.45) is 6.10. The molecule has 1 atom stereocenters. The number of nitrogens with one attached hydrogen (secondary N) is 1. The van der Waals surface area contributed by atoms with Gasteiger partial charge in [-0.05, 0) is 31.5 Å². The Morgan fingerprint density at radius 3 is 2.90 bits per heavy atom. The first-order valence-electron chi connectivity index (χ1n) is 6.81. The summed E-state index contributed by atoms with van der Waals surface area (Å²) in [5, 5.41) is 3.50. The van der Waals surface area contributed by atoms with Crippen LogP contribution in [-0.4, -0.2) is 30.3 Å². The first-order valence-corrected chi connectivity index (χ1v) is 6.81. The van der Waals surface area contributed by atoms with Crippen LogP contribution in [0.2, 0.25) is 0 Å². The largest absolute Gasteiger partial charge is 0.497 e. The Labute approximate surface area is 118 Å². The van der Waals surface area contributed by atoms with Gasteiger partial charge in [0.15, 0.2) is 0 Å². The van der Waals surface area contributed by atoms with Crippen molar-refractivity contribution in [2.24, 2.45) is 0 Å². The predicted octanol–water partition coefficient (Wildman–Crippen LogP) is 2.31. The van der Waals surface area contributed by atoms with E-state index in [4.69, 9.17) is 9.47 Å². The van der Waals surface area contributed by atoms with E-state index in [2.05, 4.69) is 14.9 Å². The van der Waals surface area contributed by atoms with Crippen molar-refractivity contribution in [1.29, 1.82) is 0 Å². The average Bonchev–Trinajstić information content (AvgIpc) is 3.16. The lowest BCUT2D eigenvalue weighted by molar-refractivity contribution is 0.392. The number of rotatable bonds is 4. The van der Waals surface area contributed by atoms with E-state index < -0.39 is 0 Å². The first kappa shape index (κ1) is 13.0. The van der Waals surface area contributed by atoms with Crippen molar-refractivity contribution in [1.82, 2.24) is 14.9 Å². The molecule has 1 aliphatic rings. The minimum Gasteiger partial charge on any atom is -0.497 e. The third-order valence-electron chi connectivity index (χ3n) is 3.73. The van der Waals surface area contributed by atoms with Gasteiger partial charge in [0, 0.05) is 12.1 Å². The molecule has 1 saturated heterocycles. The SMILES string of the molecule is COc1ccc(-n2cncc2C2CCCN2)c(OC)c1. The zero-order chi connectivity index (χ0) is 13.9. The fourth-order valence-electron chi connectivity index (χ4n) is 2.69. The van der Waals surface area contributed by atoms with Crippen molar-refractivity contribution in [2.45, 2.75) is 18.9 Å². The van der Waals surface area contributed by atoms with Gasteiger partial charge in [-0.3, -0.25) is 4.57 Å². The maximum atomic E-state index is 5.48.